The van der Waals surface area contributed by atoms with Crippen molar-refractivity contribution in [3.8, 4) is 5.69 Å². The third-order valence-corrected chi connectivity index (χ3v) is 3.05. The molecule has 0 atom stereocenters. The fourth-order valence-corrected chi connectivity index (χ4v) is 2.09. The molecule has 0 radical (unpaired) electrons. The van der Waals surface area contributed by atoms with Crippen LogP contribution in [0.5, 0.6) is 0 Å². The van der Waals surface area contributed by atoms with E-state index in [2.05, 4.69) is 14.7 Å². The number of methoxy groups -OCH3 is 1. The molecule has 6 nitrogen and oxygen atoms in total. The Morgan fingerprint density at radius 1 is 1.25 bits per heavy atom. The molecule has 20 heavy (non-hydrogen) atoms. The lowest BCUT2D eigenvalue weighted by Crippen LogP contribution is -2.07. The van der Waals surface area contributed by atoms with Gasteiger partial charge in [-0.2, -0.15) is 0 Å². The minimum Gasteiger partial charge on any atom is -0.464 e. The average molecular weight is 268 g/mol. The first-order valence-corrected chi connectivity index (χ1v) is 5.97. The fraction of sp³-hybridized carbons (Fsp3) is 0.0714. The molecule has 0 saturated carbocycles. The van der Waals surface area contributed by atoms with E-state index in [1.165, 1.54) is 13.4 Å². The third kappa shape index (κ3) is 1.78. The van der Waals surface area contributed by atoms with Gasteiger partial charge >= 0.3 is 5.97 Å². The minimum atomic E-state index is -0.561. The number of benzene rings is 1. The highest BCUT2D eigenvalue weighted by molar-refractivity contribution is 5.93. The Morgan fingerprint density at radius 3 is 2.85 bits per heavy atom. The molecule has 100 valence electrons. The van der Waals surface area contributed by atoms with Gasteiger partial charge in [-0.05, 0) is 12.1 Å². The summed E-state index contributed by atoms with van der Waals surface area (Å²) in [6.07, 6.45) is 3.20. The van der Waals surface area contributed by atoms with E-state index in [0.717, 1.165) is 16.6 Å². The molecule has 0 bridgehead atoms. The lowest BCUT2D eigenvalue weighted by molar-refractivity contribution is 0.0596. The molecule has 2 aromatic heterocycles. The van der Waals surface area contributed by atoms with Gasteiger partial charge < -0.3 is 10.5 Å². The van der Waals surface area contributed by atoms with Crippen LogP contribution in [0.4, 0.5) is 5.82 Å². The van der Waals surface area contributed by atoms with Crippen molar-refractivity contribution < 1.29 is 9.53 Å². The maximum Gasteiger partial charge on any atom is 0.360 e. The van der Waals surface area contributed by atoms with Crippen LogP contribution in [0.25, 0.3) is 16.6 Å². The summed E-state index contributed by atoms with van der Waals surface area (Å²) in [6, 6.07) is 9.55. The van der Waals surface area contributed by atoms with Crippen LogP contribution >= 0.6 is 0 Å². The molecule has 0 aliphatic carbocycles. The van der Waals surface area contributed by atoms with Crippen molar-refractivity contribution in [3.05, 3.63) is 48.5 Å². The lowest BCUT2D eigenvalue weighted by Gasteiger charge is -2.08. The van der Waals surface area contributed by atoms with E-state index < -0.39 is 5.97 Å². The first-order valence-electron chi connectivity index (χ1n) is 5.97. The topological polar surface area (TPSA) is 83.0 Å². The molecule has 1 aromatic carbocycles. The van der Waals surface area contributed by atoms with E-state index >= 15 is 0 Å². The van der Waals surface area contributed by atoms with E-state index in [9.17, 15) is 4.79 Å². The Morgan fingerprint density at radius 2 is 2.05 bits per heavy atom. The summed E-state index contributed by atoms with van der Waals surface area (Å²) >= 11 is 0. The van der Waals surface area contributed by atoms with Gasteiger partial charge in [0.15, 0.2) is 5.69 Å². The van der Waals surface area contributed by atoms with Crippen molar-refractivity contribution in [2.45, 2.75) is 0 Å². The number of rotatable bonds is 2. The van der Waals surface area contributed by atoms with Crippen molar-refractivity contribution in [2.75, 3.05) is 12.8 Å². The number of nitrogens with zero attached hydrogens (tertiary/aromatic N) is 3. The summed E-state index contributed by atoms with van der Waals surface area (Å²) in [6.45, 7) is 0. The number of nitrogen functional groups attached to an aromatic ring is 1. The van der Waals surface area contributed by atoms with Crippen LogP contribution in [0.15, 0.2) is 42.9 Å². The second-order valence-corrected chi connectivity index (χ2v) is 4.19. The van der Waals surface area contributed by atoms with Crippen molar-refractivity contribution in [1.82, 2.24) is 14.5 Å². The van der Waals surface area contributed by atoms with Gasteiger partial charge in [0.2, 0.25) is 0 Å². The van der Waals surface area contributed by atoms with Gasteiger partial charge in [0.05, 0.1) is 18.3 Å². The highest BCUT2D eigenvalue weighted by atomic mass is 16.5. The van der Waals surface area contributed by atoms with E-state index in [4.69, 9.17) is 5.73 Å². The van der Waals surface area contributed by atoms with Gasteiger partial charge in [0.1, 0.15) is 12.1 Å². The van der Waals surface area contributed by atoms with Crippen molar-refractivity contribution >= 4 is 22.7 Å². The van der Waals surface area contributed by atoms with Crippen LogP contribution in [0.3, 0.4) is 0 Å². The SMILES string of the molecule is COC(=O)c1ncn(-c2cccc3cccnc23)c1N. The molecular weight excluding hydrogens is 256 g/mol. The molecule has 0 fully saturated rings. The molecule has 2 heterocycles. The summed E-state index contributed by atoms with van der Waals surface area (Å²) in [5.41, 5.74) is 7.63. The molecule has 3 rings (SSSR count). The molecular formula is C14H12N4O2. The first-order chi connectivity index (χ1) is 9.72. The first kappa shape index (κ1) is 12.2. The largest absolute Gasteiger partial charge is 0.464 e. The standard InChI is InChI=1S/C14H12N4O2/c1-20-14(19)12-13(15)18(8-17-12)10-6-2-4-9-5-3-7-16-11(9)10/h2-8H,15H2,1H3. The van der Waals surface area contributed by atoms with Crippen LogP contribution in [-0.2, 0) is 4.74 Å². The Kier molecular flexibility index (Phi) is 2.83. The van der Waals surface area contributed by atoms with Crippen LogP contribution < -0.4 is 5.73 Å². The van der Waals surface area contributed by atoms with Crippen LogP contribution in [0, 0.1) is 0 Å². The van der Waals surface area contributed by atoms with Gasteiger partial charge in [-0.15, -0.1) is 0 Å². The number of hydrogen-bond donors (Lipinski definition) is 1. The predicted octanol–water partition coefficient (Wildman–Crippen LogP) is 1.79. The summed E-state index contributed by atoms with van der Waals surface area (Å²) in [7, 11) is 1.29. The molecule has 0 aliphatic heterocycles. The summed E-state index contributed by atoms with van der Waals surface area (Å²) in [5.74, 6) is -0.329. The van der Waals surface area contributed by atoms with Crippen molar-refractivity contribution in [2.24, 2.45) is 0 Å². The second-order valence-electron chi connectivity index (χ2n) is 4.19. The maximum absolute atomic E-state index is 11.5. The molecule has 0 amide bonds. The predicted molar refractivity (Wildman–Crippen MR) is 74.6 cm³/mol. The number of pyridine rings is 1. The van der Waals surface area contributed by atoms with E-state index in [-0.39, 0.29) is 11.5 Å². The molecule has 2 N–H and O–H groups in total. The number of esters is 1. The van der Waals surface area contributed by atoms with Crippen molar-refractivity contribution in [1.29, 1.82) is 0 Å². The molecule has 0 spiro atoms. The highest BCUT2D eigenvalue weighted by Gasteiger charge is 2.18. The zero-order valence-electron chi connectivity index (χ0n) is 10.8. The van der Waals surface area contributed by atoms with Crippen molar-refractivity contribution in [3.63, 3.8) is 0 Å². The van der Waals surface area contributed by atoms with E-state index in [0.29, 0.717) is 0 Å². The summed E-state index contributed by atoms with van der Waals surface area (Å²) < 4.78 is 6.27. The van der Waals surface area contributed by atoms with Gasteiger partial charge in [-0.25, -0.2) is 9.78 Å². The molecule has 6 heteroatoms. The molecule has 3 aromatic rings. The number of nitrogens with two attached hydrogens (primary N) is 1. The zero-order valence-corrected chi connectivity index (χ0v) is 10.8. The van der Waals surface area contributed by atoms with E-state index in [1.807, 2.05) is 30.3 Å². The zero-order chi connectivity index (χ0) is 14.1. The quantitative estimate of drug-likeness (QED) is 0.716. The number of fused-ring (bicyclic) bond motifs is 1. The van der Waals surface area contributed by atoms with Gasteiger partial charge in [-0.3, -0.25) is 9.55 Å². The molecule has 0 saturated heterocycles. The Bertz CT molecular complexity index is 789. The number of para-hydroxylation sites is 1. The summed E-state index contributed by atoms with van der Waals surface area (Å²) in [5, 5.41) is 0.984. The molecule has 0 aliphatic rings. The number of imidazole rings is 1. The van der Waals surface area contributed by atoms with Crippen LogP contribution in [0.2, 0.25) is 0 Å². The number of hydrogen-bond acceptors (Lipinski definition) is 5. The van der Waals surface area contributed by atoms with Crippen LogP contribution in [0.1, 0.15) is 10.5 Å². The number of anilines is 1. The average Bonchev–Trinajstić information content (AvgIpc) is 2.87. The van der Waals surface area contributed by atoms with Gasteiger partial charge in [0.25, 0.3) is 0 Å². The lowest BCUT2D eigenvalue weighted by atomic mass is 10.2. The Labute approximate surface area is 114 Å². The van der Waals surface area contributed by atoms with Gasteiger partial charge in [0, 0.05) is 11.6 Å². The Hall–Kier alpha value is -2.89. The molecule has 0 unspecified atom stereocenters. The second kappa shape index (κ2) is 4.65. The third-order valence-electron chi connectivity index (χ3n) is 3.05. The van der Waals surface area contributed by atoms with E-state index in [1.54, 1.807) is 10.8 Å². The monoisotopic (exact) mass is 268 g/mol. The number of ether oxygens (including phenoxy) is 1. The highest BCUT2D eigenvalue weighted by Crippen LogP contribution is 2.24. The number of aromatic nitrogens is 3. The number of carbonyl (C=O) groups is 1. The minimum absolute atomic E-state index is 0.0976. The number of carbonyl (C=O) groups excluding carboxylic acids is 1. The smallest absolute Gasteiger partial charge is 0.360 e. The maximum atomic E-state index is 11.5. The summed E-state index contributed by atoms with van der Waals surface area (Å²) in [4.78, 5) is 19.9. The normalized spacial score (nSPS) is 10.7. The van der Waals surface area contributed by atoms with Crippen LogP contribution in [-0.4, -0.2) is 27.6 Å². The fourth-order valence-electron chi connectivity index (χ4n) is 2.09. The van der Waals surface area contributed by atoms with Gasteiger partial charge in [-0.1, -0.05) is 18.2 Å². The Balaban J connectivity index is 2.22.